The first-order valence-corrected chi connectivity index (χ1v) is 5.03. The Morgan fingerprint density at radius 2 is 2.07 bits per heavy atom. The zero-order valence-corrected chi connectivity index (χ0v) is 8.64. The van der Waals surface area contributed by atoms with Crippen LogP contribution in [0.3, 0.4) is 0 Å². The van der Waals surface area contributed by atoms with Crippen LogP contribution in [0.2, 0.25) is 0 Å². The van der Waals surface area contributed by atoms with Crippen molar-refractivity contribution in [3.05, 3.63) is 30.6 Å². The third-order valence-corrected chi connectivity index (χ3v) is 2.49. The van der Waals surface area contributed by atoms with E-state index in [0.717, 1.165) is 18.7 Å². The third kappa shape index (κ3) is 1.35. The first-order chi connectivity index (χ1) is 6.86. The fourth-order valence-electron chi connectivity index (χ4n) is 1.74. The Morgan fingerprint density at radius 3 is 2.79 bits per heavy atom. The van der Waals surface area contributed by atoms with Crippen LogP contribution < -0.4 is 4.90 Å². The maximum Gasteiger partial charge on any atom is 0.138 e. The molecule has 14 heavy (non-hydrogen) atoms. The molecule has 0 amide bonds. The van der Waals surface area contributed by atoms with Crippen LogP contribution in [0, 0.1) is 0 Å². The summed E-state index contributed by atoms with van der Waals surface area (Å²) in [6, 6.07) is 6.20. The molecule has 0 aliphatic carbocycles. The molecule has 0 radical (unpaired) electrons. The van der Waals surface area contributed by atoms with E-state index < -0.39 is 0 Å². The molecular formula is C11H15N3. The predicted octanol–water partition coefficient (Wildman–Crippen LogP) is 2.18. The van der Waals surface area contributed by atoms with Crippen LogP contribution in [0.25, 0.3) is 5.65 Å². The number of rotatable bonds is 3. The molecule has 74 valence electrons. The number of hydrogen-bond donors (Lipinski definition) is 0. The van der Waals surface area contributed by atoms with Crippen LogP contribution in [0.1, 0.15) is 13.8 Å². The number of nitrogens with zero attached hydrogens (tertiary/aromatic N) is 3. The first kappa shape index (κ1) is 9.06. The van der Waals surface area contributed by atoms with Gasteiger partial charge in [-0.25, -0.2) is 4.98 Å². The predicted molar refractivity (Wildman–Crippen MR) is 58.8 cm³/mol. The lowest BCUT2D eigenvalue weighted by Gasteiger charge is -2.21. The molecule has 0 saturated carbocycles. The zero-order valence-electron chi connectivity index (χ0n) is 8.64. The highest BCUT2D eigenvalue weighted by molar-refractivity contribution is 5.51. The van der Waals surface area contributed by atoms with E-state index in [0.29, 0.717) is 0 Å². The smallest absolute Gasteiger partial charge is 0.138 e. The van der Waals surface area contributed by atoms with E-state index in [2.05, 4.69) is 40.3 Å². The molecular weight excluding hydrogens is 174 g/mol. The van der Waals surface area contributed by atoms with Gasteiger partial charge in [-0.2, -0.15) is 0 Å². The van der Waals surface area contributed by atoms with Gasteiger partial charge in [-0.05, 0) is 26.0 Å². The summed E-state index contributed by atoms with van der Waals surface area (Å²) in [6.45, 7) is 6.38. The van der Waals surface area contributed by atoms with Crippen molar-refractivity contribution in [3.63, 3.8) is 0 Å². The Labute approximate surface area is 84.0 Å². The Morgan fingerprint density at radius 1 is 1.29 bits per heavy atom. The second-order valence-electron chi connectivity index (χ2n) is 3.21. The third-order valence-electron chi connectivity index (χ3n) is 2.49. The molecule has 0 fully saturated rings. The van der Waals surface area contributed by atoms with Crippen molar-refractivity contribution in [2.24, 2.45) is 0 Å². The van der Waals surface area contributed by atoms with Crippen LogP contribution >= 0.6 is 0 Å². The van der Waals surface area contributed by atoms with E-state index in [1.54, 1.807) is 0 Å². The average Bonchev–Trinajstić information content (AvgIpc) is 2.68. The summed E-state index contributed by atoms with van der Waals surface area (Å²) in [6.07, 6.45) is 3.84. The molecule has 0 bridgehead atoms. The van der Waals surface area contributed by atoms with Gasteiger partial charge in [-0.1, -0.05) is 6.07 Å². The minimum atomic E-state index is 1.01. The normalized spacial score (nSPS) is 10.7. The fraction of sp³-hybridized carbons (Fsp3) is 0.364. The number of hydrogen-bond acceptors (Lipinski definition) is 2. The van der Waals surface area contributed by atoms with Crippen LogP contribution in [0.15, 0.2) is 30.6 Å². The van der Waals surface area contributed by atoms with Gasteiger partial charge in [0.25, 0.3) is 0 Å². The quantitative estimate of drug-likeness (QED) is 0.737. The maximum atomic E-state index is 4.27. The molecule has 0 saturated heterocycles. The Hall–Kier alpha value is -1.51. The summed E-state index contributed by atoms with van der Waals surface area (Å²) < 4.78 is 2.12. The summed E-state index contributed by atoms with van der Waals surface area (Å²) >= 11 is 0. The van der Waals surface area contributed by atoms with Crippen molar-refractivity contribution in [2.45, 2.75) is 13.8 Å². The van der Waals surface area contributed by atoms with E-state index in [4.69, 9.17) is 0 Å². The van der Waals surface area contributed by atoms with Gasteiger partial charge in [0.1, 0.15) is 11.5 Å². The van der Waals surface area contributed by atoms with Crippen molar-refractivity contribution < 1.29 is 0 Å². The standard InChI is InChI=1S/C11H15N3/c1-3-13(4-2)11-7-5-6-10-12-8-9-14(10)11/h5-9H,3-4H2,1-2H3. The van der Waals surface area contributed by atoms with Gasteiger partial charge in [0.15, 0.2) is 0 Å². The monoisotopic (exact) mass is 189 g/mol. The van der Waals surface area contributed by atoms with Crippen molar-refractivity contribution in [3.8, 4) is 0 Å². The van der Waals surface area contributed by atoms with Crippen molar-refractivity contribution >= 4 is 11.5 Å². The van der Waals surface area contributed by atoms with Crippen LogP contribution in [0.4, 0.5) is 5.82 Å². The largest absolute Gasteiger partial charge is 0.358 e. The van der Waals surface area contributed by atoms with Gasteiger partial charge >= 0.3 is 0 Å². The highest BCUT2D eigenvalue weighted by Crippen LogP contribution is 2.15. The summed E-state index contributed by atoms with van der Waals surface area (Å²) in [5, 5.41) is 0. The van der Waals surface area contributed by atoms with E-state index in [9.17, 15) is 0 Å². The van der Waals surface area contributed by atoms with Crippen molar-refractivity contribution in [1.29, 1.82) is 0 Å². The van der Waals surface area contributed by atoms with Gasteiger partial charge in [0.2, 0.25) is 0 Å². The molecule has 2 heterocycles. The first-order valence-electron chi connectivity index (χ1n) is 5.03. The molecule has 2 aromatic heterocycles. The molecule has 0 unspecified atom stereocenters. The van der Waals surface area contributed by atoms with Crippen LogP contribution in [-0.4, -0.2) is 22.5 Å². The minimum absolute atomic E-state index is 1.01. The molecule has 3 nitrogen and oxygen atoms in total. The molecule has 2 rings (SSSR count). The Bertz CT molecular complexity index is 415. The zero-order chi connectivity index (χ0) is 9.97. The van der Waals surface area contributed by atoms with E-state index in [1.165, 1.54) is 5.82 Å². The van der Waals surface area contributed by atoms with Gasteiger partial charge in [0.05, 0.1) is 0 Å². The molecule has 0 aromatic carbocycles. The van der Waals surface area contributed by atoms with Crippen molar-refractivity contribution in [1.82, 2.24) is 9.38 Å². The molecule has 2 aromatic rings. The van der Waals surface area contributed by atoms with E-state index >= 15 is 0 Å². The lowest BCUT2D eigenvalue weighted by molar-refractivity contribution is 0.835. The molecule has 3 heteroatoms. The number of fused-ring (bicyclic) bond motifs is 1. The highest BCUT2D eigenvalue weighted by Gasteiger charge is 2.05. The summed E-state index contributed by atoms with van der Waals surface area (Å²) in [4.78, 5) is 6.58. The lowest BCUT2D eigenvalue weighted by atomic mass is 10.4. The van der Waals surface area contributed by atoms with E-state index in [1.807, 2.05) is 18.5 Å². The minimum Gasteiger partial charge on any atom is -0.358 e. The SMILES string of the molecule is CCN(CC)c1cccc2nccn12. The summed E-state index contributed by atoms with van der Waals surface area (Å²) in [7, 11) is 0. The van der Waals surface area contributed by atoms with E-state index in [-0.39, 0.29) is 0 Å². The molecule has 0 aliphatic rings. The molecule has 0 atom stereocenters. The highest BCUT2D eigenvalue weighted by atomic mass is 15.2. The maximum absolute atomic E-state index is 4.27. The summed E-state index contributed by atoms with van der Waals surface area (Å²) in [5.41, 5.74) is 1.01. The van der Waals surface area contributed by atoms with Gasteiger partial charge < -0.3 is 4.90 Å². The van der Waals surface area contributed by atoms with Crippen LogP contribution in [0.5, 0.6) is 0 Å². The lowest BCUT2D eigenvalue weighted by Crippen LogP contribution is -2.23. The molecule has 0 aliphatic heterocycles. The second-order valence-corrected chi connectivity index (χ2v) is 3.21. The Kier molecular flexibility index (Phi) is 2.39. The summed E-state index contributed by atoms with van der Waals surface area (Å²) in [5.74, 6) is 1.21. The Balaban J connectivity index is 2.54. The topological polar surface area (TPSA) is 20.5 Å². The van der Waals surface area contributed by atoms with Gasteiger partial charge in [-0.15, -0.1) is 0 Å². The van der Waals surface area contributed by atoms with Gasteiger partial charge in [-0.3, -0.25) is 4.40 Å². The number of aromatic nitrogens is 2. The van der Waals surface area contributed by atoms with Crippen LogP contribution in [-0.2, 0) is 0 Å². The average molecular weight is 189 g/mol. The fourth-order valence-corrected chi connectivity index (χ4v) is 1.74. The number of pyridine rings is 1. The van der Waals surface area contributed by atoms with Crippen molar-refractivity contribution in [2.75, 3.05) is 18.0 Å². The second kappa shape index (κ2) is 3.70. The molecule has 0 spiro atoms. The van der Waals surface area contributed by atoms with Gasteiger partial charge in [0, 0.05) is 25.5 Å². The molecule has 0 N–H and O–H groups in total. The number of anilines is 1. The number of imidazole rings is 1.